The predicted molar refractivity (Wildman–Crippen MR) is 101 cm³/mol. The molecule has 2 aromatic carbocycles. The summed E-state index contributed by atoms with van der Waals surface area (Å²) in [6.45, 7) is -0.313. The van der Waals surface area contributed by atoms with Crippen molar-refractivity contribution in [1.82, 2.24) is 0 Å². The summed E-state index contributed by atoms with van der Waals surface area (Å²) in [4.78, 5) is 12.1. The number of benzene rings is 2. The SMILES string of the molecule is CS(=O)(=O)N(CC(=O)Nc1ccc(I)cc1)c1ccc(Cl)cc1. The lowest BCUT2D eigenvalue weighted by atomic mass is 10.3. The number of halogens is 2. The van der Waals surface area contributed by atoms with Crippen LogP contribution in [0.4, 0.5) is 11.4 Å². The number of amides is 1. The summed E-state index contributed by atoms with van der Waals surface area (Å²) in [5.74, 6) is -0.424. The van der Waals surface area contributed by atoms with Gasteiger partial charge in [-0.25, -0.2) is 8.42 Å². The summed E-state index contributed by atoms with van der Waals surface area (Å²) in [6, 6.07) is 13.5. The molecule has 2 rings (SSSR count). The predicted octanol–water partition coefficient (Wildman–Crippen LogP) is 3.35. The molecule has 0 aliphatic carbocycles. The van der Waals surface area contributed by atoms with Gasteiger partial charge in [0.15, 0.2) is 0 Å². The zero-order valence-electron chi connectivity index (χ0n) is 12.2. The molecule has 23 heavy (non-hydrogen) atoms. The van der Waals surface area contributed by atoms with Crippen LogP contribution >= 0.6 is 34.2 Å². The molecular weight excluding hydrogens is 451 g/mol. The molecule has 0 aliphatic heterocycles. The number of carbonyl (C=O) groups excluding carboxylic acids is 1. The highest BCUT2D eigenvalue weighted by molar-refractivity contribution is 14.1. The molecule has 1 N–H and O–H groups in total. The molecule has 122 valence electrons. The van der Waals surface area contributed by atoms with Gasteiger partial charge in [0, 0.05) is 14.3 Å². The summed E-state index contributed by atoms with van der Waals surface area (Å²) in [7, 11) is -3.60. The van der Waals surface area contributed by atoms with E-state index in [1.165, 1.54) is 0 Å². The first-order chi connectivity index (χ1) is 10.8. The molecule has 0 saturated carbocycles. The van der Waals surface area contributed by atoms with E-state index in [-0.39, 0.29) is 6.54 Å². The molecule has 0 aromatic heterocycles. The van der Waals surface area contributed by atoms with Gasteiger partial charge in [-0.1, -0.05) is 11.6 Å². The lowest BCUT2D eigenvalue weighted by Crippen LogP contribution is -2.37. The van der Waals surface area contributed by atoms with Crippen LogP contribution in [0.15, 0.2) is 48.5 Å². The van der Waals surface area contributed by atoms with Crippen LogP contribution in [-0.4, -0.2) is 27.1 Å². The maximum absolute atomic E-state index is 12.1. The van der Waals surface area contributed by atoms with Crippen LogP contribution < -0.4 is 9.62 Å². The summed E-state index contributed by atoms with van der Waals surface area (Å²) in [5, 5.41) is 3.17. The zero-order chi connectivity index (χ0) is 17.0. The molecule has 0 saturated heterocycles. The Balaban J connectivity index is 2.16. The van der Waals surface area contributed by atoms with E-state index in [9.17, 15) is 13.2 Å². The normalized spacial score (nSPS) is 11.1. The highest BCUT2D eigenvalue weighted by Crippen LogP contribution is 2.20. The van der Waals surface area contributed by atoms with E-state index in [0.29, 0.717) is 16.4 Å². The fourth-order valence-electron chi connectivity index (χ4n) is 1.87. The first-order valence-corrected chi connectivity index (χ1v) is 9.85. The van der Waals surface area contributed by atoms with Gasteiger partial charge < -0.3 is 5.32 Å². The smallest absolute Gasteiger partial charge is 0.245 e. The van der Waals surface area contributed by atoms with E-state index in [4.69, 9.17) is 11.6 Å². The second-order valence-corrected chi connectivity index (χ2v) is 8.39. The van der Waals surface area contributed by atoms with Gasteiger partial charge in [-0.05, 0) is 71.1 Å². The van der Waals surface area contributed by atoms with Gasteiger partial charge in [0.25, 0.3) is 0 Å². The van der Waals surface area contributed by atoms with Crippen LogP contribution in [0.1, 0.15) is 0 Å². The van der Waals surface area contributed by atoms with Gasteiger partial charge in [-0.15, -0.1) is 0 Å². The molecule has 0 atom stereocenters. The van der Waals surface area contributed by atoms with E-state index < -0.39 is 15.9 Å². The van der Waals surface area contributed by atoms with Crippen LogP contribution in [0.25, 0.3) is 0 Å². The van der Waals surface area contributed by atoms with E-state index in [0.717, 1.165) is 14.1 Å². The summed E-state index contributed by atoms with van der Waals surface area (Å²) >= 11 is 7.97. The first kappa shape index (κ1) is 18.0. The second-order valence-electron chi connectivity index (χ2n) is 4.80. The topological polar surface area (TPSA) is 66.5 Å². The monoisotopic (exact) mass is 464 g/mol. The number of nitrogens with one attached hydrogen (secondary N) is 1. The van der Waals surface area contributed by atoms with Crippen LogP contribution in [0.2, 0.25) is 5.02 Å². The van der Waals surface area contributed by atoms with E-state index in [1.807, 2.05) is 12.1 Å². The molecule has 0 unspecified atom stereocenters. The van der Waals surface area contributed by atoms with Crippen molar-refractivity contribution < 1.29 is 13.2 Å². The third-order valence-corrected chi connectivity index (χ3v) is 5.04. The van der Waals surface area contributed by atoms with Crippen molar-refractivity contribution in [3.05, 3.63) is 57.1 Å². The fraction of sp³-hybridized carbons (Fsp3) is 0.133. The maximum atomic E-state index is 12.1. The molecule has 1 amide bonds. The molecule has 0 heterocycles. The second kappa shape index (κ2) is 7.50. The molecule has 0 spiro atoms. The summed E-state index contributed by atoms with van der Waals surface area (Å²) < 4.78 is 26.0. The Labute approximate surface area is 153 Å². The molecule has 0 fully saturated rings. The van der Waals surface area contributed by atoms with Gasteiger partial charge in [0.1, 0.15) is 6.54 Å². The minimum atomic E-state index is -3.60. The van der Waals surface area contributed by atoms with Crippen molar-refractivity contribution in [3.8, 4) is 0 Å². The minimum Gasteiger partial charge on any atom is -0.325 e. The molecule has 5 nitrogen and oxygen atoms in total. The van der Waals surface area contributed by atoms with Crippen LogP contribution in [0.5, 0.6) is 0 Å². The van der Waals surface area contributed by atoms with Gasteiger partial charge in [0.2, 0.25) is 15.9 Å². The Morgan fingerprint density at radius 3 is 2.22 bits per heavy atom. The molecular formula is C15H14ClIN2O3S. The maximum Gasteiger partial charge on any atom is 0.245 e. The number of nitrogens with zero attached hydrogens (tertiary/aromatic N) is 1. The van der Waals surface area contributed by atoms with Crippen LogP contribution in [0, 0.1) is 3.57 Å². The Morgan fingerprint density at radius 2 is 1.70 bits per heavy atom. The number of anilines is 2. The minimum absolute atomic E-state index is 0.313. The van der Waals surface area contributed by atoms with Gasteiger partial charge in [0.05, 0.1) is 11.9 Å². The Kier molecular flexibility index (Phi) is 5.88. The summed E-state index contributed by atoms with van der Waals surface area (Å²) in [6.07, 6.45) is 1.06. The average Bonchev–Trinajstić information content (AvgIpc) is 2.47. The number of sulfonamides is 1. The molecule has 8 heteroatoms. The zero-order valence-corrected chi connectivity index (χ0v) is 15.9. The van der Waals surface area contributed by atoms with E-state index >= 15 is 0 Å². The third-order valence-electron chi connectivity index (χ3n) is 2.93. The van der Waals surface area contributed by atoms with Crippen molar-refractivity contribution >= 4 is 61.5 Å². The first-order valence-electron chi connectivity index (χ1n) is 6.54. The molecule has 0 bridgehead atoms. The van der Waals surface area contributed by atoms with Crippen molar-refractivity contribution in [1.29, 1.82) is 0 Å². The molecule has 0 aliphatic rings. The van der Waals surface area contributed by atoms with Crippen molar-refractivity contribution in [2.45, 2.75) is 0 Å². The number of hydrogen-bond donors (Lipinski definition) is 1. The average molecular weight is 465 g/mol. The van der Waals surface area contributed by atoms with Crippen LogP contribution in [0.3, 0.4) is 0 Å². The lowest BCUT2D eigenvalue weighted by molar-refractivity contribution is -0.114. The third kappa shape index (κ3) is 5.36. The van der Waals surface area contributed by atoms with E-state index in [1.54, 1.807) is 36.4 Å². The number of carbonyl (C=O) groups is 1. The molecule has 0 radical (unpaired) electrons. The lowest BCUT2D eigenvalue weighted by Gasteiger charge is -2.22. The standard InChI is InChI=1S/C15H14ClIN2O3S/c1-23(21,22)19(14-8-2-11(16)3-9-14)10-15(20)18-13-6-4-12(17)5-7-13/h2-9H,10H2,1H3,(H,18,20). The van der Waals surface area contributed by atoms with Crippen molar-refractivity contribution in [2.24, 2.45) is 0 Å². The number of rotatable bonds is 5. The fourth-order valence-corrected chi connectivity index (χ4v) is 3.21. The Hall–Kier alpha value is -1.32. The molecule has 2 aromatic rings. The number of hydrogen-bond acceptors (Lipinski definition) is 3. The Bertz CT molecular complexity index is 792. The van der Waals surface area contributed by atoms with Gasteiger partial charge in [-0.2, -0.15) is 0 Å². The van der Waals surface area contributed by atoms with Crippen LogP contribution in [-0.2, 0) is 14.8 Å². The van der Waals surface area contributed by atoms with Crippen molar-refractivity contribution in [3.63, 3.8) is 0 Å². The largest absolute Gasteiger partial charge is 0.325 e. The van der Waals surface area contributed by atoms with E-state index in [2.05, 4.69) is 27.9 Å². The Morgan fingerprint density at radius 1 is 1.13 bits per heavy atom. The highest BCUT2D eigenvalue weighted by Gasteiger charge is 2.20. The van der Waals surface area contributed by atoms with Gasteiger partial charge in [-0.3, -0.25) is 9.10 Å². The van der Waals surface area contributed by atoms with Crippen molar-refractivity contribution in [2.75, 3.05) is 22.4 Å². The quantitative estimate of drug-likeness (QED) is 0.690. The highest BCUT2D eigenvalue weighted by atomic mass is 127. The summed E-state index contributed by atoms with van der Waals surface area (Å²) in [5.41, 5.74) is 0.995. The van der Waals surface area contributed by atoms with Gasteiger partial charge >= 0.3 is 0 Å².